The van der Waals surface area contributed by atoms with Crippen LogP contribution in [0.4, 0.5) is 4.39 Å². The highest BCUT2D eigenvalue weighted by atomic mass is 19.1. The minimum Gasteiger partial charge on any atom is -0.303 e. The van der Waals surface area contributed by atoms with E-state index in [9.17, 15) is 9.18 Å². The average molecular weight is 247 g/mol. The Balaban J connectivity index is 1.92. The average Bonchev–Trinajstić information content (AvgIpc) is 2.63. The van der Waals surface area contributed by atoms with Crippen LogP contribution < -0.4 is 0 Å². The third kappa shape index (κ3) is 1.77. The highest BCUT2D eigenvalue weighted by Gasteiger charge is 2.45. The highest BCUT2D eigenvalue weighted by molar-refractivity contribution is 5.58. The number of benzene rings is 1. The number of aldehydes is 1. The zero-order valence-corrected chi connectivity index (χ0v) is 10.6. The SMILES string of the molecule is CN1C2CCC1C(C=O)C(c1ccc(F)cc1)C2. The molecule has 0 amide bonds. The number of nitrogens with zero attached hydrogens (tertiary/aromatic N) is 1. The first kappa shape index (κ1) is 11.8. The predicted octanol–water partition coefficient (Wildman–Crippen LogP) is 2.59. The molecule has 0 aromatic heterocycles. The quantitative estimate of drug-likeness (QED) is 0.749. The predicted molar refractivity (Wildman–Crippen MR) is 67.9 cm³/mol. The Morgan fingerprint density at radius 3 is 2.67 bits per heavy atom. The summed E-state index contributed by atoms with van der Waals surface area (Å²) in [6, 6.07) is 7.62. The second kappa shape index (κ2) is 4.47. The Morgan fingerprint density at radius 1 is 1.28 bits per heavy atom. The van der Waals surface area contributed by atoms with Crippen molar-refractivity contribution in [2.24, 2.45) is 5.92 Å². The summed E-state index contributed by atoms with van der Waals surface area (Å²) in [5, 5.41) is 0. The first-order valence-electron chi connectivity index (χ1n) is 6.63. The number of fused-ring (bicyclic) bond motifs is 2. The van der Waals surface area contributed by atoms with E-state index >= 15 is 0 Å². The molecular weight excluding hydrogens is 229 g/mol. The van der Waals surface area contributed by atoms with E-state index in [4.69, 9.17) is 0 Å². The first-order valence-corrected chi connectivity index (χ1v) is 6.63. The molecule has 2 nitrogen and oxygen atoms in total. The van der Waals surface area contributed by atoms with E-state index in [1.807, 2.05) is 12.1 Å². The molecule has 0 N–H and O–H groups in total. The van der Waals surface area contributed by atoms with Crippen molar-refractivity contribution in [1.29, 1.82) is 0 Å². The Hall–Kier alpha value is -1.22. The first-order chi connectivity index (χ1) is 8.70. The summed E-state index contributed by atoms with van der Waals surface area (Å²) in [4.78, 5) is 13.8. The molecule has 2 saturated heterocycles. The fourth-order valence-corrected chi connectivity index (χ4v) is 3.76. The summed E-state index contributed by atoms with van der Waals surface area (Å²) in [6.45, 7) is 0. The van der Waals surface area contributed by atoms with Crippen molar-refractivity contribution < 1.29 is 9.18 Å². The van der Waals surface area contributed by atoms with Crippen LogP contribution in [0, 0.1) is 11.7 Å². The number of rotatable bonds is 2. The number of hydrogen-bond donors (Lipinski definition) is 0. The van der Waals surface area contributed by atoms with Crippen LogP contribution in [0.1, 0.15) is 30.7 Å². The van der Waals surface area contributed by atoms with Gasteiger partial charge in [-0.05, 0) is 49.9 Å². The molecule has 0 saturated carbocycles. The van der Waals surface area contributed by atoms with Crippen molar-refractivity contribution in [3.8, 4) is 0 Å². The lowest BCUT2D eigenvalue weighted by molar-refractivity contribution is -0.114. The maximum atomic E-state index is 13.0. The van der Waals surface area contributed by atoms with Crippen LogP contribution >= 0.6 is 0 Å². The van der Waals surface area contributed by atoms with Gasteiger partial charge in [0.05, 0.1) is 0 Å². The fourth-order valence-electron chi connectivity index (χ4n) is 3.76. The van der Waals surface area contributed by atoms with E-state index in [1.165, 1.54) is 18.6 Å². The van der Waals surface area contributed by atoms with Crippen LogP contribution in [0.2, 0.25) is 0 Å². The van der Waals surface area contributed by atoms with Crippen LogP contribution in [0.5, 0.6) is 0 Å². The number of carbonyl (C=O) groups excluding carboxylic acids is 1. The molecule has 1 aromatic carbocycles. The maximum Gasteiger partial charge on any atom is 0.125 e. The van der Waals surface area contributed by atoms with Crippen molar-refractivity contribution in [3.63, 3.8) is 0 Å². The van der Waals surface area contributed by atoms with Gasteiger partial charge in [-0.25, -0.2) is 4.39 Å². The Labute approximate surface area is 107 Å². The zero-order chi connectivity index (χ0) is 12.7. The lowest BCUT2D eigenvalue weighted by Crippen LogP contribution is -2.46. The normalized spacial score (nSPS) is 35.7. The molecule has 96 valence electrons. The summed E-state index contributed by atoms with van der Waals surface area (Å²) < 4.78 is 13.0. The second-order valence-corrected chi connectivity index (χ2v) is 5.57. The van der Waals surface area contributed by atoms with Gasteiger partial charge in [0.1, 0.15) is 12.1 Å². The largest absolute Gasteiger partial charge is 0.303 e. The molecule has 4 atom stereocenters. The van der Waals surface area contributed by atoms with Crippen LogP contribution in [-0.2, 0) is 4.79 Å². The van der Waals surface area contributed by atoms with Crippen LogP contribution in [-0.4, -0.2) is 30.3 Å². The van der Waals surface area contributed by atoms with Gasteiger partial charge in [-0.2, -0.15) is 0 Å². The molecule has 2 aliphatic rings. The number of halogens is 1. The minimum absolute atomic E-state index is 0.0548. The molecule has 0 aliphatic carbocycles. The summed E-state index contributed by atoms with van der Waals surface area (Å²) in [5.74, 6) is 0.105. The molecule has 1 aromatic rings. The molecule has 3 heteroatoms. The number of carbonyl (C=O) groups is 1. The van der Waals surface area contributed by atoms with Crippen LogP contribution in [0.25, 0.3) is 0 Å². The van der Waals surface area contributed by atoms with E-state index in [-0.39, 0.29) is 17.7 Å². The van der Waals surface area contributed by atoms with Crippen LogP contribution in [0.3, 0.4) is 0 Å². The molecule has 18 heavy (non-hydrogen) atoms. The molecular formula is C15H18FNO. The molecule has 3 rings (SSSR count). The lowest BCUT2D eigenvalue weighted by Gasteiger charge is -2.40. The topological polar surface area (TPSA) is 20.3 Å². The van der Waals surface area contributed by atoms with Crippen molar-refractivity contribution in [3.05, 3.63) is 35.6 Å². The zero-order valence-electron chi connectivity index (χ0n) is 10.6. The Morgan fingerprint density at radius 2 is 2.00 bits per heavy atom. The van der Waals surface area contributed by atoms with Crippen LogP contribution in [0.15, 0.2) is 24.3 Å². The van der Waals surface area contributed by atoms with Gasteiger partial charge in [0.2, 0.25) is 0 Å². The van der Waals surface area contributed by atoms with E-state index in [0.29, 0.717) is 12.1 Å². The van der Waals surface area contributed by atoms with Gasteiger partial charge in [-0.15, -0.1) is 0 Å². The summed E-state index contributed by atoms with van der Waals surface area (Å²) in [5.41, 5.74) is 1.11. The van der Waals surface area contributed by atoms with Crippen molar-refractivity contribution in [2.45, 2.75) is 37.3 Å². The molecule has 2 bridgehead atoms. The Bertz CT molecular complexity index is 444. The van der Waals surface area contributed by atoms with Gasteiger partial charge >= 0.3 is 0 Å². The number of hydrogen-bond acceptors (Lipinski definition) is 2. The van der Waals surface area contributed by atoms with Crippen molar-refractivity contribution in [2.75, 3.05) is 7.05 Å². The molecule has 2 heterocycles. The summed E-state index contributed by atoms with van der Waals surface area (Å²) in [6.07, 6.45) is 4.42. The van der Waals surface area contributed by atoms with E-state index in [2.05, 4.69) is 11.9 Å². The van der Waals surface area contributed by atoms with Gasteiger partial charge in [-0.3, -0.25) is 4.90 Å². The Kier molecular flexibility index (Phi) is 2.94. The molecule has 2 aliphatic heterocycles. The van der Waals surface area contributed by atoms with E-state index in [0.717, 1.165) is 24.7 Å². The third-order valence-electron chi connectivity index (χ3n) is 4.78. The van der Waals surface area contributed by atoms with Gasteiger partial charge in [0.15, 0.2) is 0 Å². The maximum absolute atomic E-state index is 13.0. The van der Waals surface area contributed by atoms with Gasteiger partial charge in [0, 0.05) is 18.0 Å². The van der Waals surface area contributed by atoms with Gasteiger partial charge in [0.25, 0.3) is 0 Å². The minimum atomic E-state index is -0.211. The summed E-state index contributed by atoms with van der Waals surface area (Å²) >= 11 is 0. The van der Waals surface area contributed by atoms with Gasteiger partial charge < -0.3 is 4.79 Å². The fraction of sp³-hybridized carbons (Fsp3) is 0.533. The second-order valence-electron chi connectivity index (χ2n) is 5.57. The molecule has 0 spiro atoms. The lowest BCUT2D eigenvalue weighted by atomic mass is 9.77. The van der Waals surface area contributed by atoms with E-state index in [1.54, 1.807) is 0 Å². The number of piperidine rings is 1. The third-order valence-corrected chi connectivity index (χ3v) is 4.78. The standard InChI is InChI=1S/C15H18FNO/c1-17-12-6-7-15(17)14(9-18)13(8-12)10-2-4-11(16)5-3-10/h2-5,9,12-15H,6-8H2,1H3. The molecule has 2 fully saturated rings. The van der Waals surface area contributed by atoms with E-state index < -0.39 is 0 Å². The smallest absolute Gasteiger partial charge is 0.125 e. The van der Waals surface area contributed by atoms with Crippen molar-refractivity contribution >= 4 is 6.29 Å². The molecule has 4 unspecified atom stereocenters. The van der Waals surface area contributed by atoms with Crippen molar-refractivity contribution in [1.82, 2.24) is 4.90 Å². The molecule has 0 radical (unpaired) electrons. The monoisotopic (exact) mass is 247 g/mol. The highest BCUT2D eigenvalue weighted by Crippen LogP contribution is 2.45. The van der Waals surface area contributed by atoms with Gasteiger partial charge in [-0.1, -0.05) is 12.1 Å². The summed E-state index contributed by atoms with van der Waals surface area (Å²) in [7, 11) is 2.12.